The summed E-state index contributed by atoms with van der Waals surface area (Å²) in [5.74, 6) is 0.868. The van der Waals surface area contributed by atoms with E-state index in [1.807, 2.05) is 6.92 Å². The first kappa shape index (κ1) is 10.8. The van der Waals surface area contributed by atoms with Gasteiger partial charge in [-0.25, -0.2) is 0 Å². The van der Waals surface area contributed by atoms with Crippen LogP contribution < -0.4 is 23.1 Å². The number of rotatable bonds is 1. The number of hydrogen-bond donors (Lipinski definition) is 2. The molecule has 0 aromatic heterocycles. The van der Waals surface area contributed by atoms with Crippen LogP contribution in [-0.2, 0) is 0 Å². The third kappa shape index (κ3) is 4.25. The summed E-state index contributed by atoms with van der Waals surface area (Å²) >= 11 is 0. The molecule has 0 aliphatic heterocycles. The summed E-state index contributed by atoms with van der Waals surface area (Å²) in [6.45, 7) is 1.93. The summed E-state index contributed by atoms with van der Waals surface area (Å²) in [6.07, 6.45) is 6.74. The van der Waals surface area contributed by atoms with E-state index in [0.717, 1.165) is 5.84 Å². The highest BCUT2D eigenvalue weighted by molar-refractivity contribution is 5.71. The van der Waals surface area contributed by atoms with Crippen molar-refractivity contribution in [1.82, 2.24) is 0 Å². The zero-order chi connectivity index (χ0) is 7.40. The maximum atomic E-state index is 5.53. The van der Waals surface area contributed by atoms with Crippen molar-refractivity contribution < 1.29 is 17.4 Å². The summed E-state index contributed by atoms with van der Waals surface area (Å²) in [5, 5.41) is 0. The molecule has 66 valence electrons. The van der Waals surface area contributed by atoms with Crippen molar-refractivity contribution in [2.75, 3.05) is 0 Å². The molecule has 0 spiro atoms. The minimum atomic E-state index is 0. The van der Waals surface area contributed by atoms with Crippen LogP contribution >= 0.6 is 0 Å². The third-order valence-electron chi connectivity index (χ3n) is 2.04. The molecule has 1 saturated carbocycles. The van der Waals surface area contributed by atoms with Crippen LogP contribution in [0.4, 0.5) is 0 Å². The first-order valence-electron chi connectivity index (χ1n) is 4.14. The lowest BCUT2D eigenvalue weighted by atomic mass is 9.96. The molecule has 0 heterocycles. The van der Waals surface area contributed by atoms with Crippen molar-refractivity contribution in [3.05, 3.63) is 0 Å². The van der Waals surface area contributed by atoms with Crippen LogP contribution in [0.2, 0.25) is 0 Å². The smallest absolute Gasteiger partial charge is 0.237 e. The number of amidine groups is 1. The van der Waals surface area contributed by atoms with Crippen molar-refractivity contribution in [2.24, 2.45) is 5.73 Å². The van der Waals surface area contributed by atoms with Crippen LogP contribution in [0.15, 0.2) is 0 Å². The largest absolute Gasteiger partial charge is 1.00 e. The molecule has 0 unspecified atom stereocenters. The molecule has 0 saturated heterocycles. The highest BCUT2D eigenvalue weighted by Gasteiger charge is 2.13. The third-order valence-corrected chi connectivity index (χ3v) is 2.04. The normalized spacial score (nSPS) is 21.0. The van der Waals surface area contributed by atoms with Crippen molar-refractivity contribution >= 4 is 5.84 Å². The lowest BCUT2D eigenvalue weighted by Gasteiger charge is -2.15. The molecule has 11 heavy (non-hydrogen) atoms. The van der Waals surface area contributed by atoms with E-state index in [2.05, 4.69) is 4.99 Å². The molecule has 1 aliphatic rings. The Bertz CT molecular complexity index is 124. The fourth-order valence-corrected chi connectivity index (χ4v) is 1.57. The quantitative estimate of drug-likeness (QED) is 0.321. The molecular formula is C8H17ClN2. The van der Waals surface area contributed by atoms with Crippen LogP contribution in [0, 0.1) is 0 Å². The Morgan fingerprint density at radius 2 is 1.82 bits per heavy atom. The zero-order valence-corrected chi connectivity index (χ0v) is 7.82. The van der Waals surface area contributed by atoms with E-state index < -0.39 is 0 Å². The molecule has 1 rings (SSSR count). The summed E-state index contributed by atoms with van der Waals surface area (Å²) < 4.78 is 0. The molecule has 2 nitrogen and oxygen atoms in total. The Hall–Kier alpha value is -0.240. The lowest BCUT2D eigenvalue weighted by Crippen LogP contribution is -3.00. The SMILES string of the molecule is CC(N)=[NH+]C1CCCCC1.[Cl-]. The summed E-state index contributed by atoms with van der Waals surface area (Å²) in [7, 11) is 0. The van der Waals surface area contributed by atoms with Gasteiger partial charge in [0.25, 0.3) is 0 Å². The molecule has 0 bridgehead atoms. The average Bonchev–Trinajstić information content (AvgIpc) is 1.88. The molecule has 0 radical (unpaired) electrons. The maximum absolute atomic E-state index is 5.53. The average molecular weight is 177 g/mol. The number of halogens is 1. The Balaban J connectivity index is 0.000001000. The predicted molar refractivity (Wildman–Crippen MR) is 42.7 cm³/mol. The minimum absolute atomic E-state index is 0. The highest BCUT2D eigenvalue weighted by atomic mass is 35.5. The predicted octanol–water partition coefficient (Wildman–Crippen LogP) is -3.22. The van der Waals surface area contributed by atoms with E-state index in [9.17, 15) is 0 Å². The highest BCUT2D eigenvalue weighted by Crippen LogP contribution is 2.13. The van der Waals surface area contributed by atoms with Gasteiger partial charge in [-0.15, -0.1) is 0 Å². The first-order valence-corrected chi connectivity index (χ1v) is 4.14. The molecule has 0 atom stereocenters. The maximum Gasteiger partial charge on any atom is 0.237 e. The fourth-order valence-electron chi connectivity index (χ4n) is 1.57. The number of hydrogen-bond acceptors (Lipinski definition) is 0. The van der Waals surface area contributed by atoms with E-state index in [0.29, 0.717) is 6.04 Å². The van der Waals surface area contributed by atoms with Crippen molar-refractivity contribution in [3.63, 3.8) is 0 Å². The Morgan fingerprint density at radius 3 is 2.27 bits per heavy atom. The van der Waals surface area contributed by atoms with Gasteiger partial charge in [-0.05, 0) is 25.7 Å². The number of nitrogens with one attached hydrogen (secondary N) is 1. The Morgan fingerprint density at radius 1 is 1.27 bits per heavy atom. The van der Waals surface area contributed by atoms with Gasteiger partial charge < -0.3 is 12.4 Å². The summed E-state index contributed by atoms with van der Waals surface area (Å²) in [4.78, 5) is 3.28. The molecule has 0 amide bonds. The van der Waals surface area contributed by atoms with Gasteiger partial charge in [0.2, 0.25) is 5.84 Å². The second-order valence-corrected chi connectivity index (χ2v) is 3.16. The topological polar surface area (TPSA) is 40.0 Å². The van der Waals surface area contributed by atoms with E-state index >= 15 is 0 Å². The van der Waals surface area contributed by atoms with E-state index in [4.69, 9.17) is 5.73 Å². The zero-order valence-electron chi connectivity index (χ0n) is 7.07. The summed E-state index contributed by atoms with van der Waals surface area (Å²) in [6, 6.07) is 0.666. The molecule has 3 heteroatoms. The van der Waals surface area contributed by atoms with Crippen molar-refractivity contribution in [2.45, 2.75) is 45.1 Å². The Kier molecular flexibility index (Phi) is 5.30. The first-order chi connectivity index (χ1) is 4.79. The van der Waals surface area contributed by atoms with Crippen LogP contribution in [0.3, 0.4) is 0 Å². The lowest BCUT2D eigenvalue weighted by molar-refractivity contribution is -0.508. The van der Waals surface area contributed by atoms with E-state index in [-0.39, 0.29) is 12.4 Å². The van der Waals surface area contributed by atoms with Crippen LogP contribution in [0.5, 0.6) is 0 Å². The fraction of sp³-hybridized carbons (Fsp3) is 0.875. The molecule has 3 N–H and O–H groups in total. The van der Waals surface area contributed by atoms with Gasteiger partial charge in [0.05, 0.1) is 6.04 Å². The monoisotopic (exact) mass is 176 g/mol. The molecule has 0 aromatic carbocycles. The molecule has 0 aromatic rings. The molecule has 1 fully saturated rings. The van der Waals surface area contributed by atoms with Gasteiger partial charge >= 0.3 is 0 Å². The van der Waals surface area contributed by atoms with E-state index in [1.165, 1.54) is 32.1 Å². The van der Waals surface area contributed by atoms with Crippen LogP contribution in [-0.4, -0.2) is 11.9 Å². The van der Waals surface area contributed by atoms with E-state index in [1.54, 1.807) is 0 Å². The van der Waals surface area contributed by atoms with Gasteiger partial charge in [0.15, 0.2) is 0 Å². The van der Waals surface area contributed by atoms with Crippen molar-refractivity contribution in [3.8, 4) is 0 Å². The minimum Gasteiger partial charge on any atom is -1.00 e. The van der Waals surface area contributed by atoms with Gasteiger partial charge in [-0.1, -0.05) is 6.42 Å². The second-order valence-electron chi connectivity index (χ2n) is 3.16. The second kappa shape index (κ2) is 5.42. The standard InChI is InChI=1S/C8H16N2.ClH/c1-7(9)10-8-5-3-2-4-6-8;/h8H,2-6H2,1H3,(H2,9,10);1H. The van der Waals surface area contributed by atoms with Gasteiger partial charge in [0.1, 0.15) is 0 Å². The van der Waals surface area contributed by atoms with Gasteiger partial charge in [-0.3, -0.25) is 10.7 Å². The van der Waals surface area contributed by atoms with Crippen LogP contribution in [0.25, 0.3) is 0 Å². The summed E-state index contributed by atoms with van der Waals surface area (Å²) in [5.41, 5.74) is 5.53. The molecular weight excluding hydrogens is 160 g/mol. The molecule has 1 aliphatic carbocycles. The van der Waals surface area contributed by atoms with Gasteiger partial charge in [-0.2, -0.15) is 0 Å². The Labute approximate surface area is 74.7 Å². The van der Waals surface area contributed by atoms with Crippen LogP contribution in [0.1, 0.15) is 39.0 Å². The van der Waals surface area contributed by atoms with Crippen molar-refractivity contribution in [1.29, 1.82) is 0 Å². The number of nitrogens with two attached hydrogens (primary N) is 1. The van der Waals surface area contributed by atoms with Gasteiger partial charge in [0, 0.05) is 6.92 Å².